The first-order valence-corrected chi connectivity index (χ1v) is 48.7. The Morgan fingerprint density at radius 1 is 0.507 bits per heavy atom. The molecular formula is C106H124Cl2N16O20. The molecule has 8 aromatic carbocycles. The molecule has 12 rings (SSSR count). The number of halogens is 2. The Bertz CT molecular complexity index is 6120. The molecule has 2 fully saturated rings. The quantitative estimate of drug-likeness (QED) is 0.0138. The van der Waals surface area contributed by atoms with E-state index < -0.39 is 167 Å². The largest absolute Gasteiger partial charge is 0.507 e. The molecule has 4 aliphatic heterocycles. The van der Waals surface area contributed by atoms with Gasteiger partial charge in [-0.15, -0.1) is 0 Å². The van der Waals surface area contributed by atoms with Crippen LogP contribution in [0.5, 0.6) is 17.2 Å². The lowest BCUT2D eigenvalue weighted by atomic mass is 9.91. The number of nitrogens with one attached hydrogen (secondary N) is 11. The van der Waals surface area contributed by atoms with Gasteiger partial charge in [-0.2, -0.15) is 0 Å². The number of carbonyl (C=O) groups excluding carboxylic acids is 16. The van der Waals surface area contributed by atoms with Gasteiger partial charge in [-0.3, -0.25) is 71.9 Å². The van der Waals surface area contributed by atoms with Crippen molar-refractivity contribution in [2.45, 2.75) is 210 Å². The number of benzene rings is 8. The van der Waals surface area contributed by atoms with Gasteiger partial charge in [0.15, 0.2) is 6.29 Å². The summed E-state index contributed by atoms with van der Waals surface area (Å²) in [6, 6.07) is 28.7. The van der Waals surface area contributed by atoms with Crippen LogP contribution in [0.3, 0.4) is 0 Å². The number of aldehydes is 1. The Kier molecular flexibility index (Phi) is 36.6. The van der Waals surface area contributed by atoms with E-state index in [1.807, 2.05) is 12.1 Å². The number of hydrogen-bond acceptors (Lipinski definition) is 21. The molecule has 2 saturated heterocycles. The number of nitrogens with two attached hydrogens (primary N) is 1. The first-order chi connectivity index (χ1) is 68.7. The first-order valence-electron chi connectivity index (χ1n) is 47.9. The third-order valence-corrected chi connectivity index (χ3v) is 26.6. The van der Waals surface area contributed by atoms with Crippen molar-refractivity contribution in [3.63, 3.8) is 0 Å². The lowest BCUT2D eigenvalue weighted by molar-refractivity contribution is -0.142. The number of fused-ring (bicyclic) bond motifs is 10. The number of amides is 15. The van der Waals surface area contributed by atoms with E-state index in [-0.39, 0.29) is 127 Å². The van der Waals surface area contributed by atoms with Gasteiger partial charge in [0.1, 0.15) is 95.4 Å². The van der Waals surface area contributed by atoms with Gasteiger partial charge in [0.2, 0.25) is 70.9 Å². The summed E-state index contributed by atoms with van der Waals surface area (Å²) in [6.07, 6.45) is 1.31. The Morgan fingerprint density at radius 2 is 0.931 bits per heavy atom. The molecule has 0 spiro atoms. The van der Waals surface area contributed by atoms with Crippen LogP contribution in [0.2, 0.25) is 10.0 Å². The van der Waals surface area contributed by atoms with Gasteiger partial charge in [-0.1, -0.05) is 102 Å². The SMILES string of the molecule is CNC(=O)C1CCCN1C(=O)C(C)NC(=O)C1Cc2ccc(OC)c(c2)-c2cc(ccc2OC)C(N(C)C(=O)C(CCCC(CNC(=O)C2CCCN2C(=O)C(C)NC(=O)C2Cc3ccc(O)c(c3)-c3cc(ccc3C=O)C(N(C)C(=O)C(CCCCN)NC(=O)c3ccc(-c4ccc(Cl)cc4)cc3)C(=O)NC(C)C(=O)N2)NC(=O)OC(C)(C)C)NC(=O)c2ccc(-c3ccc(Cl)cc3)cc2)C(=O)NC(C)C(=O)N1. The van der Waals surface area contributed by atoms with Crippen LogP contribution in [0.4, 0.5) is 4.79 Å². The zero-order valence-corrected chi connectivity index (χ0v) is 83.9. The van der Waals surface area contributed by atoms with E-state index in [4.69, 9.17) is 43.1 Å². The van der Waals surface area contributed by atoms with Crippen LogP contribution < -0.4 is 73.7 Å². The van der Waals surface area contributed by atoms with E-state index in [1.165, 1.54) is 109 Å². The molecule has 4 aliphatic rings. The molecular weight excluding hydrogens is 1890 g/mol. The van der Waals surface area contributed by atoms with E-state index in [0.29, 0.717) is 76.4 Å². The summed E-state index contributed by atoms with van der Waals surface area (Å²) in [4.78, 5) is 238. The van der Waals surface area contributed by atoms with Crippen LogP contribution in [-0.2, 0) is 75.1 Å². The Hall–Kier alpha value is -14.8. The number of nitrogens with zero attached hydrogens (tertiary/aromatic N) is 4. The summed E-state index contributed by atoms with van der Waals surface area (Å²) < 4.78 is 17.6. The number of rotatable bonds is 32. The summed E-state index contributed by atoms with van der Waals surface area (Å²) in [7, 11) is 7.02. The number of aromatic hydroxyl groups is 1. The Morgan fingerprint density at radius 3 is 1.38 bits per heavy atom. The van der Waals surface area contributed by atoms with Crippen molar-refractivity contribution in [3.8, 4) is 61.8 Å². The molecule has 13 unspecified atom stereocenters. The highest BCUT2D eigenvalue weighted by Crippen LogP contribution is 2.42. The molecule has 4 heterocycles. The van der Waals surface area contributed by atoms with E-state index in [9.17, 15) is 62.6 Å². The van der Waals surface area contributed by atoms with Crippen LogP contribution in [0, 0.1) is 0 Å². The van der Waals surface area contributed by atoms with E-state index in [0.717, 1.165) is 32.1 Å². The van der Waals surface area contributed by atoms with Crippen molar-refractivity contribution >= 4 is 118 Å². The number of phenols is 1. The number of phenolic OH excluding ortho intramolecular Hbond substituents is 1. The van der Waals surface area contributed by atoms with E-state index in [2.05, 4.69) is 58.5 Å². The highest BCUT2D eigenvalue weighted by molar-refractivity contribution is 6.31. The molecule has 38 heteroatoms. The molecule has 15 amide bonds. The van der Waals surface area contributed by atoms with Crippen molar-refractivity contribution in [2.75, 3.05) is 61.5 Å². The lowest BCUT2D eigenvalue weighted by Gasteiger charge is -2.33. The maximum Gasteiger partial charge on any atom is 0.407 e. The van der Waals surface area contributed by atoms with Crippen molar-refractivity contribution in [1.29, 1.82) is 0 Å². The van der Waals surface area contributed by atoms with Crippen LogP contribution in [0.1, 0.15) is 178 Å². The van der Waals surface area contributed by atoms with Crippen molar-refractivity contribution in [3.05, 3.63) is 219 Å². The number of unbranched alkanes of at least 4 members (excludes halogenated alkanes) is 1. The fourth-order valence-corrected chi connectivity index (χ4v) is 18.5. The maximum atomic E-state index is 16.0. The molecule has 13 atom stereocenters. The van der Waals surface area contributed by atoms with Gasteiger partial charge in [0.25, 0.3) is 11.8 Å². The Balaban J connectivity index is 0.765. The molecule has 0 aromatic heterocycles. The molecule has 8 aromatic rings. The summed E-state index contributed by atoms with van der Waals surface area (Å²) in [5.41, 5.74) is 10.5. The normalized spacial score (nSPS) is 19.0. The molecule has 0 aliphatic carbocycles. The minimum absolute atomic E-state index is 0.0153. The summed E-state index contributed by atoms with van der Waals surface area (Å²) in [5, 5.41) is 43.2. The first kappa shape index (κ1) is 108. The fraction of sp³-hybridized carbons (Fsp3) is 0.396. The van der Waals surface area contributed by atoms with Gasteiger partial charge < -0.3 is 103 Å². The van der Waals surface area contributed by atoms with Gasteiger partial charge in [0, 0.05) is 103 Å². The minimum Gasteiger partial charge on any atom is -0.507 e. The lowest BCUT2D eigenvalue weighted by Crippen LogP contribution is -2.58. The molecule has 144 heavy (non-hydrogen) atoms. The fourth-order valence-electron chi connectivity index (χ4n) is 18.3. The zero-order chi connectivity index (χ0) is 104. The van der Waals surface area contributed by atoms with E-state index >= 15 is 19.2 Å². The monoisotopic (exact) mass is 2010 g/mol. The van der Waals surface area contributed by atoms with Crippen LogP contribution in [0.25, 0.3) is 44.5 Å². The second kappa shape index (κ2) is 48.8. The highest BCUT2D eigenvalue weighted by atomic mass is 35.5. The highest BCUT2D eigenvalue weighted by Gasteiger charge is 2.44. The topological polar surface area (TPSA) is 492 Å². The predicted octanol–water partition coefficient (Wildman–Crippen LogP) is 8.63. The number of alkyl carbamates (subject to hydrolysis) is 1. The zero-order valence-electron chi connectivity index (χ0n) is 82.4. The van der Waals surface area contributed by atoms with E-state index in [1.54, 1.807) is 142 Å². The van der Waals surface area contributed by atoms with Crippen LogP contribution in [-0.4, -0.2) is 253 Å². The van der Waals surface area contributed by atoms with Gasteiger partial charge in [-0.05, 0) is 260 Å². The summed E-state index contributed by atoms with van der Waals surface area (Å²) >= 11 is 12.4. The third-order valence-electron chi connectivity index (χ3n) is 26.1. The molecule has 36 nitrogen and oxygen atoms in total. The number of methoxy groups -OCH3 is 2. The number of carbonyl (C=O) groups is 16. The van der Waals surface area contributed by atoms with Crippen molar-refractivity contribution in [2.24, 2.45) is 5.73 Å². The maximum absolute atomic E-state index is 16.0. The molecule has 14 N–H and O–H groups in total. The molecule has 762 valence electrons. The standard InChI is InChI=1S/C106H124Cl2N16O20/c1-58-91(127)119-82(52-62-23-44-86(126)77(50-62)76-54-70(33-34-72(76)57-125)89(99(135)112-58)121(9)103(139)80(19-13-14-47-109)117-93(129)68-29-25-64(26-30-68)66-35-40-73(107)41-36-66)95(131)115-61(4)102(138)124-49-17-22-85(124)98(134)111-56-75(116-105(141)144-106(5,6)7)18-15-20-81(118-94(130)69-31-27-65(28-32-69)67-37-42-74(108)43-38-67)104(140)122(10)90-71-39-46-88(143-12)79(55-71)78-51-63(24-45-87(78)142-11)53-83(120-92(128)59(2)113-100(90)136)96(132)114-60(3)101(137)123-48-16-21-84(123)97(133)110-8/h23-46,50-51,54-55,57-61,75,80-85,89-90,126H,13-22,47-49,52-53,56,109H2,1-12H3,(H,110,133)(H,111,134)(H,112,135)(H,113,136)(H,114,132)(H,115,131)(H,116,141)(H,117,129)(H,118,130)(H,119,127)(H,120,128). The molecule has 0 radical (unpaired) electrons. The van der Waals surface area contributed by atoms with Crippen LogP contribution in [0.15, 0.2) is 170 Å². The van der Waals surface area contributed by atoms with Gasteiger partial charge >= 0.3 is 6.09 Å². The van der Waals surface area contributed by atoms with Gasteiger partial charge in [-0.25, -0.2) is 4.79 Å². The average molecular weight is 2010 g/mol. The van der Waals surface area contributed by atoms with Crippen LogP contribution >= 0.6 is 23.2 Å². The Labute approximate surface area is 845 Å². The van der Waals surface area contributed by atoms with Crippen molar-refractivity contribution in [1.82, 2.24) is 78.1 Å². The molecule has 8 bridgehead atoms. The number of hydrogen-bond donors (Lipinski definition) is 13. The predicted molar refractivity (Wildman–Crippen MR) is 539 cm³/mol. The summed E-state index contributed by atoms with van der Waals surface area (Å²) in [5.74, 6) is -10.0. The molecule has 0 saturated carbocycles. The third kappa shape index (κ3) is 27.0. The number of likely N-dealkylation sites (tertiary alicyclic amines) is 2. The average Bonchev–Trinajstić information content (AvgIpc) is 1.03. The minimum atomic E-state index is -1.63. The second-order valence-electron chi connectivity index (χ2n) is 37.5. The smallest absolute Gasteiger partial charge is 0.407 e. The number of likely N-dealkylation sites (N-methyl/N-ethyl adjacent to an activating group) is 3. The van der Waals surface area contributed by atoms with Crippen molar-refractivity contribution < 1.29 is 96.0 Å². The summed E-state index contributed by atoms with van der Waals surface area (Å²) in [6.45, 7) is 10.8. The second-order valence-corrected chi connectivity index (χ2v) is 38.4. The van der Waals surface area contributed by atoms with Gasteiger partial charge in [0.05, 0.1) is 14.2 Å². The number of ether oxygens (including phenoxy) is 3.